The number of carbonyl (C=O) groups is 2. The second-order valence-corrected chi connectivity index (χ2v) is 6.09. The van der Waals surface area contributed by atoms with Gasteiger partial charge >= 0.3 is 11.9 Å². The summed E-state index contributed by atoms with van der Waals surface area (Å²) in [5.41, 5.74) is 2.54. The van der Waals surface area contributed by atoms with Crippen molar-refractivity contribution in [1.29, 1.82) is 0 Å². The summed E-state index contributed by atoms with van der Waals surface area (Å²) < 4.78 is 15.0. The van der Waals surface area contributed by atoms with E-state index in [1.165, 1.54) is 30.8 Å². The van der Waals surface area contributed by atoms with Gasteiger partial charge < -0.3 is 13.9 Å². The van der Waals surface area contributed by atoms with Crippen molar-refractivity contribution in [2.45, 2.75) is 13.5 Å². The number of aryl methyl sites for hydroxylation is 1. The molecule has 0 amide bonds. The Bertz CT molecular complexity index is 894. The number of aromatic nitrogens is 1. The van der Waals surface area contributed by atoms with Crippen LogP contribution in [0.2, 0.25) is 0 Å². The minimum Gasteiger partial charge on any atom is -0.465 e. The molecule has 3 rings (SSSR count). The van der Waals surface area contributed by atoms with Crippen LogP contribution in [0.15, 0.2) is 46.4 Å². The minimum absolute atomic E-state index is 0.173. The first kappa shape index (κ1) is 16.9. The van der Waals surface area contributed by atoms with Crippen molar-refractivity contribution in [2.24, 2.45) is 0 Å². The molecule has 0 fully saturated rings. The van der Waals surface area contributed by atoms with Gasteiger partial charge in [0.1, 0.15) is 10.6 Å². The van der Waals surface area contributed by atoms with E-state index < -0.39 is 11.9 Å². The molecule has 0 radical (unpaired) electrons. The third-order valence-corrected chi connectivity index (χ3v) is 4.39. The number of carbonyl (C=O) groups excluding carboxylic acids is 2. The number of thiazole rings is 1. The van der Waals surface area contributed by atoms with Crippen LogP contribution in [0, 0.1) is 6.92 Å². The van der Waals surface area contributed by atoms with Crippen molar-refractivity contribution in [3.63, 3.8) is 0 Å². The Labute approximate surface area is 148 Å². The summed E-state index contributed by atoms with van der Waals surface area (Å²) in [4.78, 5) is 28.0. The molecule has 2 heterocycles. The van der Waals surface area contributed by atoms with Crippen LogP contribution < -0.4 is 0 Å². The van der Waals surface area contributed by atoms with Gasteiger partial charge in [0.25, 0.3) is 0 Å². The summed E-state index contributed by atoms with van der Waals surface area (Å²) in [5.74, 6) is -0.897. The molecule has 0 aliphatic heterocycles. The number of nitrogens with zero attached hydrogens (tertiary/aromatic N) is 1. The fraction of sp³-hybridized carbons (Fsp3) is 0.167. The highest BCUT2D eigenvalue weighted by molar-refractivity contribution is 7.13. The van der Waals surface area contributed by atoms with Gasteiger partial charge in [-0.2, -0.15) is 0 Å². The van der Waals surface area contributed by atoms with E-state index in [9.17, 15) is 9.59 Å². The van der Waals surface area contributed by atoms with Crippen LogP contribution in [-0.4, -0.2) is 24.0 Å². The molecule has 0 aliphatic rings. The molecular formula is C18H15NO5S. The van der Waals surface area contributed by atoms with Gasteiger partial charge in [-0.05, 0) is 13.0 Å². The zero-order valence-electron chi connectivity index (χ0n) is 13.6. The van der Waals surface area contributed by atoms with Crippen molar-refractivity contribution >= 4 is 23.3 Å². The quantitative estimate of drug-likeness (QED) is 0.645. The molecule has 25 heavy (non-hydrogen) atoms. The number of hydrogen-bond acceptors (Lipinski definition) is 7. The first-order valence-corrected chi connectivity index (χ1v) is 8.31. The Morgan fingerprint density at radius 2 is 1.92 bits per heavy atom. The van der Waals surface area contributed by atoms with Crippen LogP contribution >= 0.6 is 11.3 Å². The Morgan fingerprint density at radius 3 is 2.64 bits per heavy atom. The van der Waals surface area contributed by atoms with Gasteiger partial charge in [-0.15, -0.1) is 11.3 Å². The van der Waals surface area contributed by atoms with Crippen LogP contribution in [0.4, 0.5) is 0 Å². The topological polar surface area (TPSA) is 78.6 Å². The average Bonchev–Trinajstić information content (AvgIpc) is 3.29. The van der Waals surface area contributed by atoms with Gasteiger partial charge in [0, 0.05) is 10.9 Å². The normalized spacial score (nSPS) is 10.5. The number of furan rings is 1. The number of esters is 2. The lowest BCUT2D eigenvalue weighted by Crippen LogP contribution is -2.08. The summed E-state index contributed by atoms with van der Waals surface area (Å²) in [6, 6.07) is 9.34. The van der Waals surface area contributed by atoms with E-state index in [0.29, 0.717) is 0 Å². The third-order valence-electron chi connectivity index (χ3n) is 3.50. The van der Waals surface area contributed by atoms with Crippen molar-refractivity contribution < 1.29 is 23.5 Å². The van der Waals surface area contributed by atoms with E-state index >= 15 is 0 Å². The molecule has 7 heteroatoms. The van der Waals surface area contributed by atoms with Crippen LogP contribution in [0.5, 0.6) is 0 Å². The molecule has 0 aliphatic carbocycles. The molecule has 128 valence electrons. The van der Waals surface area contributed by atoms with E-state index in [2.05, 4.69) is 9.72 Å². The molecular weight excluding hydrogens is 342 g/mol. The second-order valence-electron chi connectivity index (χ2n) is 5.23. The van der Waals surface area contributed by atoms with Crippen molar-refractivity contribution in [1.82, 2.24) is 4.98 Å². The third kappa shape index (κ3) is 3.77. The average molecular weight is 357 g/mol. The lowest BCUT2D eigenvalue weighted by Gasteiger charge is -2.02. The molecule has 0 unspecified atom stereocenters. The Kier molecular flexibility index (Phi) is 4.95. The number of hydrogen-bond donors (Lipinski definition) is 0. The van der Waals surface area contributed by atoms with Crippen molar-refractivity contribution in [2.75, 3.05) is 7.11 Å². The lowest BCUT2D eigenvalue weighted by atomic mass is 10.2. The zero-order valence-corrected chi connectivity index (χ0v) is 14.5. The molecule has 0 atom stereocenters. The summed E-state index contributed by atoms with van der Waals surface area (Å²) in [5, 5.41) is 2.38. The largest absolute Gasteiger partial charge is 0.465 e. The zero-order chi connectivity index (χ0) is 17.8. The Balaban J connectivity index is 1.67. The molecule has 2 aromatic heterocycles. The fourth-order valence-electron chi connectivity index (χ4n) is 2.15. The van der Waals surface area contributed by atoms with Crippen molar-refractivity contribution in [3.8, 4) is 10.6 Å². The highest BCUT2D eigenvalue weighted by atomic mass is 32.1. The van der Waals surface area contributed by atoms with E-state index in [0.717, 1.165) is 16.1 Å². The number of benzene rings is 1. The summed E-state index contributed by atoms with van der Waals surface area (Å²) in [6.07, 6.45) is 1.34. The first-order valence-electron chi connectivity index (χ1n) is 7.43. The van der Waals surface area contributed by atoms with Gasteiger partial charge in [-0.25, -0.2) is 14.6 Å². The number of ether oxygens (including phenoxy) is 2. The molecule has 6 nitrogen and oxygen atoms in total. The Morgan fingerprint density at radius 1 is 1.16 bits per heavy atom. The van der Waals surface area contributed by atoms with Gasteiger partial charge in [0.2, 0.25) is 0 Å². The van der Waals surface area contributed by atoms with Crippen LogP contribution in [0.25, 0.3) is 10.6 Å². The molecule has 1 aromatic carbocycles. The molecule has 0 saturated heterocycles. The fourth-order valence-corrected chi connectivity index (χ4v) is 2.94. The van der Waals surface area contributed by atoms with E-state index in [1.54, 1.807) is 5.38 Å². The maximum absolute atomic E-state index is 12.2. The second kappa shape index (κ2) is 7.31. The Hall–Kier alpha value is -2.93. The lowest BCUT2D eigenvalue weighted by molar-refractivity contribution is 0.0427. The predicted molar refractivity (Wildman–Crippen MR) is 91.5 cm³/mol. The summed E-state index contributed by atoms with van der Waals surface area (Å²) in [6.45, 7) is 1.83. The molecule has 0 N–H and O–H groups in total. The minimum atomic E-state index is -0.582. The van der Waals surface area contributed by atoms with Gasteiger partial charge in [0.05, 0.1) is 13.4 Å². The highest BCUT2D eigenvalue weighted by Crippen LogP contribution is 2.24. The van der Waals surface area contributed by atoms with Gasteiger partial charge in [-0.1, -0.05) is 29.8 Å². The smallest absolute Gasteiger partial charge is 0.358 e. The van der Waals surface area contributed by atoms with E-state index in [1.807, 2.05) is 31.2 Å². The standard InChI is InChI=1S/C18H15NO5S/c1-11-3-5-12(6-4-11)16-19-14(10-25-16)18(21)24-9-15-13(7-8-23-15)17(20)22-2/h3-8,10H,9H2,1-2H3. The first-order chi connectivity index (χ1) is 12.1. The molecule has 0 saturated carbocycles. The number of rotatable bonds is 5. The molecule has 0 bridgehead atoms. The number of methoxy groups -OCH3 is 1. The van der Waals surface area contributed by atoms with E-state index in [4.69, 9.17) is 9.15 Å². The van der Waals surface area contributed by atoms with Gasteiger partial charge in [-0.3, -0.25) is 0 Å². The van der Waals surface area contributed by atoms with Crippen LogP contribution in [0.3, 0.4) is 0 Å². The van der Waals surface area contributed by atoms with Crippen molar-refractivity contribution in [3.05, 3.63) is 64.6 Å². The van der Waals surface area contributed by atoms with Gasteiger partial charge in [0.15, 0.2) is 18.1 Å². The maximum Gasteiger partial charge on any atom is 0.358 e. The van der Waals surface area contributed by atoms with Crippen LogP contribution in [0.1, 0.15) is 32.2 Å². The SMILES string of the molecule is COC(=O)c1ccoc1COC(=O)c1csc(-c2ccc(C)cc2)n1. The monoisotopic (exact) mass is 357 g/mol. The summed E-state index contributed by atoms with van der Waals surface area (Å²) >= 11 is 1.36. The summed E-state index contributed by atoms with van der Waals surface area (Å²) in [7, 11) is 1.27. The highest BCUT2D eigenvalue weighted by Gasteiger charge is 2.18. The van der Waals surface area contributed by atoms with E-state index in [-0.39, 0.29) is 23.6 Å². The van der Waals surface area contributed by atoms with Crippen LogP contribution in [-0.2, 0) is 16.1 Å². The predicted octanol–water partition coefficient (Wildman–Crippen LogP) is 3.86. The maximum atomic E-state index is 12.2. The molecule has 3 aromatic rings. The molecule has 0 spiro atoms.